The maximum Gasteiger partial charge on any atom is 0.239 e. The third-order valence-electron chi connectivity index (χ3n) is 1.90. The van der Waals surface area contributed by atoms with E-state index in [9.17, 15) is 4.79 Å². The van der Waals surface area contributed by atoms with Crippen LogP contribution in [-0.4, -0.2) is 16.8 Å². The van der Waals surface area contributed by atoms with Crippen molar-refractivity contribution in [1.29, 1.82) is 0 Å². The quantitative estimate of drug-likeness (QED) is 0.797. The van der Waals surface area contributed by atoms with Crippen molar-refractivity contribution in [2.75, 3.05) is 11.2 Å². The first-order valence-electron chi connectivity index (χ1n) is 4.42. The van der Waals surface area contributed by atoms with Gasteiger partial charge in [-0.3, -0.25) is 4.79 Å². The Morgan fingerprint density at radius 3 is 3.13 bits per heavy atom. The largest absolute Gasteiger partial charge is 0.441 e. The van der Waals surface area contributed by atoms with Gasteiger partial charge in [-0.05, 0) is 18.2 Å². The molecule has 1 N–H and O–H groups in total. The lowest BCUT2D eigenvalue weighted by atomic mass is 10.3. The number of benzene rings is 1. The Kier molecular flexibility index (Phi) is 2.60. The van der Waals surface area contributed by atoms with E-state index in [1.807, 2.05) is 0 Å². The summed E-state index contributed by atoms with van der Waals surface area (Å²) in [5, 5.41) is 2.64. The number of oxazole rings is 1. The summed E-state index contributed by atoms with van der Waals surface area (Å²) < 4.78 is 5.30. The van der Waals surface area contributed by atoms with Crippen LogP contribution in [0.15, 0.2) is 22.6 Å². The number of anilines is 1. The lowest BCUT2D eigenvalue weighted by molar-refractivity contribution is -0.113. The normalized spacial score (nSPS) is 10.5. The van der Waals surface area contributed by atoms with E-state index in [2.05, 4.69) is 10.3 Å². The molecule has 2 rings (SSSR count). The molecule has 0 aliphatic carbocycles. The summed E-state index contributed by atoms with van der Waals surface area (Å²) in [6, 6.07) is 5.26. The summed E-state index contributed by atoms with van der Waals surface area (Å²) in [5.41, 5.74) is 2.10. The molecule has 0 bridgehead atoms. The molecule has 2 aromatic rings. The maximum atomic E-state index is 11.0. The van der Waals surface area contributed by atoms with Gasteiger partial charge in [-0.15, -0.1) is 11.6 Å². The topological polar surface area (TPSA) is 55.1 Å². The number of hydrogen-bond acceptors (Lipinski definition) is 3. The second kappa shape index (κ2) is 3.90. The number of hydrogen-bond donors (Lipinski definition) is 1. The Morgan fingerprint density at radius 2 is 2.40 bits per heavy atom. The second-order valence-electron chi connectivity index (χ2n) is 3.10. The highest BCUT2D eigenvalue weighted by Gasteiger charge is 2.04. The summed E-state index contributed by atoms with van der Waals surface area (Å²) in [5.74, 6) is 0.303. The number of rotatable bonds is 2. The van der Waals surface area contributed by atoms with Crippen LogP contribution in [0, 0.1) is 6.92 Å². The third-order valence-corrected chi connectivity index (χ3v) is 2.14. The summed E-state index contributed by atoms with van der Waals surface area (Å²) in [4.78, 5) is 15.2. The summed E-state index contributed by atoms with van der Waals surface area (Å²) >= 11 is 5.38. The van der Waals surface area contributed by atoms with E-state index in [-0.39, 0.29) is 11.8 Å². The molecule has 0 spiro atoms. The summed E-state index contributed by atoms with van der Waals surface area (Å²) in [7, 11) is 0. The van der Waals surface area contributed by atoms with Crippen molar-refractivity contribution in [2.24, 2.45) is 0 Å². The van der Waals surface area contributed by atoms with Crippen LogP contribution in [0.2, 0.25) is 0 Å². The van der Waals surface area contributed by atoms with Gasteiger partial charge in [0.25, 0.3) is 0 Å². The van der Waals surface area contributed by atoms with E-state index in [4.69, 9.17) is 16.0 Å². The molecule has 0 atom stereocenters. The minimum Gasteiger partial charge on any atom is -0.441 e. The minimum absolute atomic E-state index is 0.0596. The molecule has 0 saturated heterocycles. The van der Waals surface area contributed by atoms with Gasteiger partial charge in [0.1, 0.15) is 11.4 Å². The van der Waals surface area contributed by atoms with Crippen molar-refractivity contribution >= 4 is 34.3 Å². The van der Waals surface area contributed by atoms with Gasteiger partial charge in [0.05, 0.1) is 0 Å². The molecule has 15 heavy (non-hydrogen) atoms. The summed E-state index contributed by atoms with van der Waals surface area (Å²) in [6.07, 6.45) is 0. The zero-order valence-electron chi connectivity index (χ0n) is 8.08. The summed E-state index contributed by atoms with van der Waals surface area (Å²) in [6.45, 7) is 1.77. The molecule has 78 valence electrons. The van der Waals surface area contributed by atoms with Crippen LogP contribution < -0.4 is 5.32 Å². The van der Waals surface area contributed by atoms with E-state index in [1.54, 1.807) is 25.1 Å². The highest BCUT2D eigenvalue weighted by molar-refractivity contribution is 6.29. The fourth-order valence-corrected chi connectivity index (χ4v) is 1.38. The number of nitrogens with one attached hydrogen (secondary N) is 1. The number of aromatic nitrogens is 1. The van der Waals surface area contributed by atoms with Crippen LogP contribution in [0.1, 0.15) is 5.89 Å². The van der Waals surface area contributed by atoms with Gasteiger partial charge in [0, 0.05) is 12.6 Å². The number of alkyl halides is 1. The van der Waals surface area contributed by atoms with Crippen LogP contribution in [-0.2, 0) is 4.79 Å². The molecule has 1 aromatic carbocycles. The highest BCUT2D eigenvalue weighted by atomic mass is 35.5. The smallest absolute Gasteiger partial charge is 0.239 e. The Hall–Kier alpha value is -1.55. The fraction of sp³-hybridized carbons (Fsp3) is 0.200. The lowest BCUT2D eigenvalue weighted by Gasteiger charge is -2.01. The SMILES string of the molecule is Cc1nc2cc(NC(=O)CCl)ccc2o1. The van der Waals surface area contributed by atoms with E-state index >= 15 is 0 Å². The molecule has 0 radical (unpaired) electrons. The zero-order chi connectivity index (χ0) is 10.8. The number of halogens is 1. The number of aryl methyl sites for hydroxylation is 1. The molecule has 1 heterocycles. The van der Waals surface area contributed by atoms with Gasteiger partial charge in [-0.1, -0.05) is 0 Å². The molecule has 0 unspecified atom stereocenters. The molecule has 1 aromatic heterocycles. The lowest BCUT2D eigenvalue weighted by Crippen LogP contribution is -2.12. The fourth-order valence-electron chi connectivity index (χ4n) is 1.31. The van der Waals surface area contributed by atoms with Gasteiger partial charge in [0.15, 0.2) is 11.5 Å². The molecule has 0 fully saturated rings. The third kappa shape index (κ3) is 2.10. The van der Waals surface area contributed by atoms with Crippen molar-refractivity contribution in [3.63, 3.8) is 0 Å². The highest BCUT2D eigenvalue weighted by Crippen LogP contribution is 2.19. The number of fused-ring (bicyclic) bond motifs is 1. The predicted molar refractivity (Wildman–Crippen MR) is 58.1 cm³/mol. The molecule has 0 aliphatic rings. The number of carbonyl (C=O) groups excluding carboxylic acids is 1. The average molecular weight is 225 g/mol. The Morgan fingerprint density at radius 1 is 1.60 bits per heavy atom. The zero-order valence-corrected chi connectivity index (χ0v) is 8.84. The first kappa shape index (κ1) is 9.98. The molecule has 5 heteroatoms. The molecular formula is C10H9ClN2O2. The van der Waals surface area contributed by atoms with Gasteiger partial charge in [0.2, 0.25) is 5.91 Å². The molecular weight excluding hydrogens is 216 g/mol. The van der Waals surface area contributed by atoms with Crippen molar-refractivity contribution in [2.45, 2.75) is 6.92 Å². The number of nitrogens with zero attached hydrogens (tertiary/aromatic N) is 1. The molecule has 4 nitrogen and oxygen atoms in total. The Labute approximate surface area is 91.2 Å². The second-order valence-corrected chi connectivity index (χ2v) is 3.36. The van der Waals surface area contributed by atoms with Crippen molar-refractivity contribution in [1.82, 2.24) is 4.98 Å². The van der Waals surface area contributed by atoms with Gasteiger partial charge in [-0.2, -0.15) is 0 Å². The van der Waals surface area contributed by atoms with Gasteiger partial charge in [-0.25, -0.2) is 4.98 Å². The van der Waals surface area contributed by atoms with E-state index in [0.29, 0.717) is 17.2 Å². The van der Waals surface area contributed by atoms with Crippen LogP contribution in [0.5, 0.6) is 0 Å². The van der Waals surface area contributed by atoms with Crippen LogP contribution in [0.3, 0.4) is 0 Å². The number of carbonyl (C=O) groups is 1. The van der Waals surface area contributed by atoms with Gasteiger partial charge < -0.3 is 9.73 Å². The van der Waals surface area contributed by atoms with Crippen LogP contribution in [0.25, 0.3) is 11.1 Å². The first-order valence-corrected chi connectivity index (χ1v) is 4.95. The van der Waals surface area contributed by atoms with E-state index in [0.717, 1.165) is 5.52 Å². The van der Waals surface area contributed by atoms with E-state index in [1.165, 1.54) is 0 Å². The molecule has 0 saturated carbocycles. The average Bonchev–Trinajstić information content (AvgIpc) is 2.57. The number of amides is 1. The van der Waals surface area contributed by atoms with Crippen molar-refractivity contribution < 1.29 is 9.21 Å². The van der Waals surface area contributed by atoms with Crippen LogP contribution >= 0.6 is 11.6 Å². The molecule has 0 aliphatic heterocycles. The Bertz CT molecular complexity index is 507. The minimum atomic E-state index is -0.240. The predicted octanol–water partition coefficient (Wildman–Crippen LogP) is 2.31. The van der Waals surface area contributed by atoms with Crippen molar-refractivity contribution in [3.05, 3.63) is 24.1 Å². The van der Waals surface area contributed by atoms with Crippen LogP contribution in [0.4, 0.5) is 5.69 Å². The van der Waals surface area contributed by atoms with Crippen molar-refractivity contribution in [3.8, 4) is 0 Å². The van der Waals surface area contributed by atoms with Gasteiger partial charge >= 0.3 is 0 Å². The Balaban J connectivity index is 2.33. The monoisotopic (exact) mass is 224 g/mol. The first-order chi connectivity index (χ1) is 7.19. The van der Waals surface area contributed by atoms with E-state index < -0.39 is 0 Å². The molecule has 1 amide bonds. The standard InChI is InChI=1S/C10H9ClN2O2/c1-6-12-8-4-7(13-10(14)5-11)2-3-9(8)15-6/h2-4H,5H2,1H3,(H,13,14). The maximum absolute atomic E-state index is 11.0.